The number of benzene rings is 1. The van der Waals surface area contributed by atoms with E-state index in [2.05, 4.69) is 19.1 Å². The van der Waals surface area contributed by atoms with E-state index in [0.29, 0.717) is 6.42 Å². The van der Waals surface area contributed by atoms with Crippen LogP contribution in [0.4, 0.5) is 0 Å². The molecule has 0 aliphatic rings. The third-order valence-electron chi connectivity index (χ3n) is 3.08. The van der Waals surface area contributed by atoms with Crippen LogP contribution in [-0.2, 0) is 11.2 Å². The molecule has 0 atom stereocenters. The van der Waals surface area contributed by atoms with E-state index in [1.165, 1.54) is 24.8 Å². The van der Waals surface area contributed by atoms with Gasteiger partial charge in [0.15, 0.2) is 0 Å². The van der Waals surface area contributed by atoms with Gasteiger partial charge in [-0.1, -0.05) is 38.3 Å². The molecule has 3 nitrogen and oxygen atoms in total. The summed E-state index contributed by atoms with van der Waals surface area (Å²) in [5, 5.41) is 0. The van der Waals surface area contributed by atoms with E-state index in [4.69, 9.17) is 10.5 Å². The van der Waals surface area contributed by atoms with Gasteiger partial charge in [0.1, 0.15) is 5.75 Å². The van der Waals surface area contributed by atoms with Gasteiger partial charge >= 0.3 is 0 Å². The lowest BCUT2D eigenvalue weighted by molar-refractivity contribution is -0.118. The van der Waals surface area contributed by atoms with Gasteiger partial charge < -0.3 is 10.5 Å². The summed E-state index contributed by atoms with van der Waals surface area (Å²) in [6.07, 6.45) is 7.04. The minimum atomic E-state index is -0.230. The lowest BCUT2D eigenvalue weighted by atomic mass is 10.1. The van der Waals surface area contributed by atoms with Crippen molar-refractivity contribution in [1.29, 1.82) is 0 Å². The third-order valence-corrected chi connectivity index (χ3v) is 3.08. The Bertz CT molecular complexity index is 360. The number of unbranched alkanes of at least 4 members (excludes halogenated alkanes) is 3. The Morgan fingerprint density at radius 2 is 1.84 bits per heavy atom. The Balaban J connectivity index is 2.21. The minimum Gasteiger partial charge on any atom is -0.494 e. The number of carbonyl (C=O) groups is 1. The lowest BCUT2D eigenvalue weighted by Crippen LogP contribution is -2.10. The summed E-state index contributed by atoms with van der Waals surface area (Å²) < 4.78 is 5.68. The fourth-order valence-electron chi connectivity index (χ4n) is 1.94. The summed E-state index contributed by atoms with van der Waals surface area (Å²) in [4.78, 5) is 10.6. The summed E-state index contributed by atoms with van der Waals surface area (Å²) >= 11 is 0. The van der Waals surface area contributed by atoms with Gasteiger partial charge in [0.25, 0.3) is 0 Å². The van der Waals surface area contributed by atoms with Crippen LogP contribution in [0.1, 0.15) is 51.0 Å². The van der Waals surface area contributed by atoms with E-state index in [1.807, 2.05) is 12.1 Å². The van der Waals surface area contributed by atoms with Crippen LogP contribution in [0.25, 0.3) is 0 Å². The number of aryl methyl sites for hydroxylation is 1. The molecule has 0 aliphatic heterocycles. The van der Waals surface area contributed by atoms with Gasteiger partial charge in [-0.15, -0.1) is 0 Å². The smallest absolute Gasteiger partial charge is 0.217 e. The first-order chi connectivity index (χ1) is 9.22. The number of ether oxygens (including phenoxy) is 1. The second kappa shape index (κ2) is 9.42. The number of nitrogens with two attached hydrogens (primary N) is 1. The van der Waals surface area contributed by atoms with Crippen molar-refractivity contribution in [2.24, 2.45) is 5.73 Å². The van der Waals surface area contributed by atoms with Crippen molar-refractivity contribution in [2.45, 2.75) is 51.9 Å². The van der Waals surface area contributed by atoms with Crippen LogP contribution in [0, 0.1) is 0 Å². The molecule has 0 unspecified atom stereocenters. The van der Waals surface area contributed by atoms with Crippen LogP contribution in [0.2, 0.25) is 0 Å². The second-order valence-electron chi connectivity index (χ2n) is 4.87. The van der Waals surface area contributed by atoms with Crippen molar-refractivity contribution in [3.63, 3.8) is 0 Å². The minimum absolute atomic E-state index is 0.230. The molecule has 0 spiro atoms. The highest BCUT2D eigenvalue weighted by molar-refractivity contribution is 5.73. The predicted octanol–water partition coefficient (Wildman–Crippen LogP) is 3.45. The molecule has 1 rings (SSSR count). The van der Waals surface area contributed by atoms with Crippen LogP contribution in [0.5, 0.6) is 5.75 Å². The lowest BCUT2D eigenvalue weighted by Gasteiger charge is -2.07. The molecule has 0 bridgehead atoms. The van der Waals surface area contributed by atoms with E-state index in [0.717, 1.165) is 31.6 Å². The molecule has 1 aromatic carbocycles. The molecule has 0 saturated carbocycles. The molecule has 0 aliphatic carbocycles. The molecule has 2 N–H and O–H groups in total. The molecular formula is C16H25NO2. The van der Waals surface area contributed by atoms with Crippen molar-refractivity contribution in [3.8, 4) is 5.75 Å². The van der Waals surface area contributed by atoms with Gasteiger partial charge in [0.2, 0.25) is 5.91 Å². The zero-order chi connectivity index (χ0) is 13.9. The number of carbonyl (C=O) groups excluding carboxylic acids is 1. The molecule has 3 heteroatoms. The first-order valence-electron chi connectivity index (χ1n) is 7.22. The summed E-state index contributed by atoms with van der Waals surface area (Å²) in [6, 6.07) is 8.11. The zero-order valence-electron chi connectivity index (χ0n) is 11.9. The highest BCUT2D eigenvalue weighted by Crippen LogP contribution is 2.14. The SMILES string of the molecule is CCCCCCOc1ccc(CCCC(N)=O)cc1. The highest BCUT2D eigenvalue weighted by atomic mass is 16.5. The largest absolute Gasteiger partial charge is 0.494 e. The van der Waals surface area contributed by atoms with Crippen LogP contribution in [-0.4, -0.2) is 12.5 Å². The molecule has 106 valence electrons. The first kappa shape index (κ1) is 15.5. The quantitative estimate of drug-likeness (QED) is 0.657. The predicted molar refractivity (Wildman–Crippen MR) is 78.2 cm³/mol. The molecule has 0 radical (unpaired) electrons. The Hall–Kier alpha value is -1.51. The Labute approximate surface area is 116 Å². The van der Waals surface area contributed by atoms with Crippen LogP contribution < -0.4 is 10.5 Å². The van der Waals surface area contributed by atoms with Crippen molar-refractivity contribution in [1.82, 2.24) is 0 Å². The first-order valence-corrected chi connectivity index (χ1v) is 7.22. The summed E-state index contributed by atoms with van der Waals surface area (Å²) in [5.74, 6) is 0.696. The number of primary amides is 1. The summed E-state index contributed by atoms with van der Waals surface area (Å²) in [6.45, 7) is 3.00. The standard InChI is InChI=1S/C16H25NO2/c1-2-3-4-5-13-19-15-11-9-14(10-12-15)7-6-8-16(17)18/h9-12H,2-8,13H2,1H3,(H2,17,18). The van der Waals surface area contributed by atoms with Crippen molar-refractivity contribution in [2.75, 3.05) is 6.61 Å². The Morgan fingerprint density at radius 3 is 2.47 bits per heavy atom. The maximum atomic E-state index is 10.6. The van der Waals surface area contributed by atoms with Crippen molar-refractivity contribution >= 4 is 5.91 Å². The second-order valence-corrected chi connectivity index (χ2v) is 4.87. The van der Waals surface area contributed by atoms with Gasteiger partial charge in [-0.05, 0) is 37.0 Å². The normalized spacial score (nSPS) is 10.4. The van der Waals surface area contributed by atoms with Crippen LogP contribution in [0.3, 0.4) is 0 Å². The van der Waals surface area contributed by atoms with Gasteiger partial charge in [0.05, 0.1) is 6.61 Å². The maximum Gasteiger partial charge on any atom is 0.217 e. The highest BCUT2D eigenvalue weighted by Gasteiger charge is 1.98. The molecular weight excluding hydrogens is 238 g/mol. The average molecular weight is 263 g/mol. The Morgan fingerprint density at radius 1 is 1.11 bits per heavy atom. The van der Waals surface area contributed by atoms with Gasteiger partial charge in [-0.3, -0.25) is 4.79 Å². The van der Waals surface area contributed by atoms with Crippen molar-refractivity contribution in [3.05, 3.63) is 29.8 Å². The number of amides is 1. The molecule has 1 aromatic rings. The van der Waals surface area contributed by atoms with E-state index >= 15 is 0 Å². The van der Waals surface area contributed by atoms with E-state index < -0.39 is 0 Å². The number of rotatable bonds is 10. The molecule has 0 fully saturated rings. The third kappa shape index (κ3) is 7.50. The maximum absolute atomic E-state index is 10.6. The molecule has 0 aromatic heterocycles. The Kier molecular flexibility index (Phi) is 7.71. The fourth-order valence-corrected chi connectivity index (χ4v) is 1.94. The monoisotopic (exact) mass is 263 g/mol. The number of hydrogen-bond donors (Lipinski definition) is 1. The number of hydrogen-bond acceptors (Lipinski definition) is 2. The molecule has 0 saturated heterocycles. The van der Waals surface area contributed by atoms with Gasteiger partial charge in [-0.2, -0.15) is 0 Å². The van der Waals surface area contributed by atoms with Gasteiger partial charge in [0, 0.05) is 6.42 Å². The molecule has 19 heavy (non-hydrogen) atoms. The molecule has 1 amide bonds. The van der Waals surface area contributed by atoms with Crippen molar-refractivity contribution < 1.29 is 9.53 Å². The zero-order valence-corrected chi connectivity index (χ0v) is 11.9. The summed E-state index contributed by atoms with van der Waals surface area (Å²) in [5.41, 5.74) is 6.33. The topological polar surface area (TPSA) is 52.3 Å². The van der Waals surface area contributed by atoms with Gasteiger partial charge in [-0.25, -0.2) is 0 Å². The van der Waals surface area contributed by atoms with Crippen LogP contribution in [0.15, 0.2) is 24.3 Å². The average Bonchev–Trinajstić information content (AvgIpc) is 2.40. The van der Waals surface area contributed by atoms with E-state index in [1.54, 1.807) is 0 Å². The summed E-state index contributed by atoms with van der Waals surface area (Å²) in [7, 11) is 0. The van der Waals surface area contributed by atoms with E-state index in [9.17, 15) is 4.79 Å². The molecule has 0 heterocycles. The van der Waals surface area contributed by atoms with E-state index in [-0.39, 0.29) is 5.91 Å². The fraction of sp³-hybridized carbons (Fsp3) is 0.562. The van der Waals surface area contributed by atoms with Crippen LogP contribution >= 0.6 is 0 Å².